The van der Waals surface area contributed by atoms with Crippen LogP contribution in [0.5, 0.6) is 0 Å². The van der Waals surface area contributed by atoms with Crippen LogP contribution in [0.4, 0.5) is 14.9 Å². The first-order valence-corrected chi connectivity index (χ1v) is 9.77. The number of carbonyl (C=O) groups is 3. The average molecular weight is 477 g/mol. The highest BCUT2D eigenvalue weighted by Crippen LogP contribution is 2.29. The van der Waals surface area contributed by atoms with E-state index < -0.39 is 24.0 Å². The number of cyclic esters (lactones) is 1. The summed E-state index contributed by atoms with van der Waals surface area (Å²) >= 11 is 3.35. The van der Waals surface area contributed by atoms with Crippen LogP contribution in [0.3, 0.4) is 0 Å². The second kappa shape index (κ2) is 9.08. The number of nitrogens with zero attached hydrogens (tertiary/aromatic N) is 1. The Balaban J connectivity index is 1.78. The van der Waals surface area contributed by atoms with E-state index in [0.29, 0.717) is 15.7 Å². The lowest BCUT2D eigenvalue weighted by Gasteiger charge is -2.14. The molecular weight excluding hydrogens is 459 g/mol. The van der Waals surface area contributed by atoms with Crippen LogP contribution in [0.2, 0.25) is 0 Å². The molecular formula is C21H18BrFN2O5. The van der Waals surface area contributed by atoms with Crippen molar-refractivity contribution in [2.75, 3.05) is 18.0 Å². The minimum absolute atomic E-state index is 0.120. The zero-order valence-electron chi connectivity index (χ0n) is 15.9. The number of rotatable bonds is 6. The molecule has 9 heteroatoms. The van der Waals surface area contributed by atoms with Gasteiger partial charge in [-0.05, 0) is 42.0 Å². The highest BCUT2D eigenvalue weighted by molar-refractivity contribution is 9.15. The van der Waals surface area contributed by atoms with E-state index in [1.807, 2.05) is 0 Å². The predicted octanol–water partition coefficient (Wildman–Crippen LogP) is 3.88. The molecule has 1 fully saturated rings. The second-order valence-corrected chi connectivity index (χ2v) is 7.49. The van der Waals surface area contributed by atoms with E-state index in [1.54, 1.807) is 18.2 Å². The van der Waals surface area contributed by atoms with Crippen LogP contribution in [0.15, 0.2) is 42.5 Å². The molecule has 0 saturated carbocycles. The number of hydrogen-bond acceptors (Lipinski definition) is 4. The van der Waals surface area contributed by atoms with Crippen LogP contribution in [0.1, 0.15) is 28.4 Å². The first-order chi connectivity index (χ1) is 14.2. The van der Waals surface area contributed by atoms with Crippen LogP contribution in [0.25, 0.3) is 10.6 Å². The number of nitrogens with one attached hydrogen (secondary N) is 1. The molecule has 1 saturated heterocycles. The molecule has 0 aromatic heterocycles. The Morgan fingerprint density at radius 1 is 1.30 bits per heavy atom. The third-order valence-electron chi connectivity index (χ3n) is 4.42. The van der Waals surface area contributed by atoms with Crippen molar-refractivity contribution in [2.24, 2.45) is 0 Å². The van der Waals surface area contributed by atoms with Crippen LogP contribution in [0, 0.1) is 5.82 Å². The number of ether oxygens (including phenoxy) is 1. The molecule has 7 nitrogen and oxygen atoms in total. The van der Waals surface area contributed by atoms with Gasteiger partial charge >= 0.3 is 12.1 Å². The van der Waals surface area contributed by atoms with E-state index in [2.05, 4.69) is 21.2 Å². The summed E-state index contributed by atoms with van der Waals surface area (Å²) in [6, 6.07) is 10.6. The summed E-state index contributed by atoms with van der Waals surface area (Å²) in [7, 11) is 0. The Labute approximate surface area is 180 Å². The molecule has 156 valence electrons. The summed E-state index contributed by atoms with van der Waals surface area (Å²) in [5, 5.41) is 11.7. The molecule has 3 rings (SSSR count). The second-order valence-electron chi connectivity index (χ2n) is 6.64. The van der Waals surface area contributed by atoms with Crippen molar-refractivity contribution < 1.29 is 28.6 Å². The fourth-order valence-corrected chi connectivity index (χ4v) is 3.41. The molecule has 0 bridgehead atoms. The van der Waals surface area contributed by atoms with Gasteiger partial charge in [0.15, 0.2) is 0 Å². The summed E-state index contributed by atoms with van der Waals surface area (Å²) in [6.07, 6.45) is 0.404. The Morgan fingerprint density at radius 2 is 2.03 bits per heavy atom. The number of carboxylic acid groups (broad SMARTS) is 1. The number of aromatic carboxylic acids is 1. The van der Waals surface area contributed by atoms with Crippen LogP contribution in [-0.4, -0.2) is 42.3 Å². The number of amides is 2. The van der Waals surface area contributed by atoms with Crippen molar-refractivity contribution in [3.63, 3.8) is 0 Å². The number of anilines is 1. The van der Waals surface area contributed by atoms with E-state index in [1.165, 1.54) is 42.2 Å². The maximum Gasteiger partial charge on any atom is 0.414 e. The number of benzene rings is 2. The van der Waals surface area contributed by atoms with E-state index in [4.69, 9.17) is 9.84 Å². The SMILES string of the molecule is CC(=O)NC[C@H]1CN(c2ccc(/C=C(\Br)c3cccc(C(=O)O)c3)c(F)c2)C(=O)O1. The van der Waals surface area contributed by atoms with Crippen molar-refractivity contribution >= 4 is 50.1 Å². The Bertz CT molecular complexity index is 1040. The maximum atomic E-state index is 14.7. The topological polar surface area (TPSA) is 95.9 Å². The summed E-state index contributed by atoms with van der Waals surface area (Å²) in [6.45, 7) is 1.74. The lowest BCUT2D eigenvalue weighted by molar-refractivity contribution is -0.119. The Morgan fingerprint density at radius 3 is 2.70 bits per heavy atom. The molecule has 1 atom stereocenters. The van der Waals surface area contributed by atoms with Crippen LogP contribution in [-0.2, 0) is 9.53 Å². The average Bonchev–Trinajstić information content (AvgIpc) is 3.08. The molecule has 1 aliphatic heterocycles. The van der Waals surface area contributed by atoms with Crippen LogP contribution < -0.4 is 10.2 Å². The minimum Gasteiger partial charge on any atom is -0.478 e. The van der Waals surface area contributed by atoms with Crippen molar-refractivity contribution in [3.05, 3.63) is 65.0 Å². The van der Waals surface area contributed by atoms with Crippen LogP contribution >= 0.6 is 15.9 Å². The van der Waals surface area contributed by atoms with Gasteiger partial charge in [0.2, 0.25) is 5.91 Å². The first kappa shape index (κ1) is 21.5. The molecule has 0 aliphatic carbocycles. The van der Waals surface area contributed by atoms with E-state index in [-0.39, 0.29) is 30.1 Å². The molecule has 0 radical (unpaired) electrons. The quantitative estimate of drug-likeness (QED) is 0.616. The molecule has 0 unspecified atom stereocenters. The van der Waals surface area contributed by atoms with E-state index in [9.17, 15) is 18.8 Å². The molecule has 2 N–H and O–H groups in total. The standard InChI is InChI=1S/C21H18BrFN2O5/c1-12(26)24-10-17-11-25(21(29)30-17)16-6-5-14(19(23)9-16)8-18(22)13-3-2-4-15(7-13)20(27)28/h2-9,17H,10-11H2,1H3,(H,24,26)(H,27,28)/b18-8-/t17-/m0/s1. The summed E-state index contributed by atoms with van der Waals surface area (Å²) in [5.74, 6) is -1.84. The lowest BCUT2D eigenvalue weighted by atomic mass is 10.1. The molecule has 0 spiro atoms. The van der Waals surface area contributed by atoms with Crippen molar-refractivity contribution in [1.29, 1.82) is 0 Å². The third kappa shape index (κ3) is 5.04. The fourth-order valence-electron chi connectivity index (χ4n) is 2.92. The van der Waals surface area contributed by atoms with Gasteiger partial charge in [0, 0.05) is 17.0 Å². The molecule has 2 aromatic rings. The Hall–Kier alpha value is -3.20. The molecule has 2 aromatic carbocycles. The van der Waals surface area contributed by atoms with Gasteiger partial charge in [-0.25, -0.2) is 14.0 Å². The normalized spacial score (nSPS) is 16.4. The number of halogens is 2. The van der Waals surface area contributed by atoms with Gasteiger partial charge in [-0.2, -0.15) is 0 Å². The highest BCUT2D eigenvalue weighted by atomic mass is 79.9. The highest BCUT2D eigenvalue weighted by Gasteiger charge is 2.32. The summed E-state index contributed by atoms with van der Waals surface area (Å²) in [4.78, 5) is 35.5. The molecule has 2 amide bonds. The van der Waals surface area contributed by atoms with Gasteiger partial charge in [-0.3, -0.25) is 9.69 Å². The predicted molar refractivity (Wildman–Crippen MR) is 113 cm³/mol. The largest absolute Gasteiger partial charge is 0.478 e. The molecule has 30 heavy (non-hydrogen) atoms. The smallest absolute Gasteiger partial charge is 0.414 e. The molecule has 1 heterocycles. The van der Waals surface area contributed by atoms with Crippen molar-refractivity contribution in [3.8, 4) is 0 Å². The zero-order chi connectivity index (χ0) is 21.8. The van der Waals surface area contributed by atoms with E-state index >= 15 is 0 Å². The maximum absolute atomic E-state index is 14.7. The number of carboxylic acids is 1. The molecule has 1 aliphatic rings. The number of hydrogen-bond donors (Lipinski definition) is 2. The van der Waals surface area contributed by atoms with Gasteiger partial charge in [0.05, 0.1) is 24.3 Å². The lowest BCUT2D eigenvalue weighted by Crippen LogP contribution is -2.33. The monoisotopic (exact) mass is 476 g/mol. The van der Waals surface area contributed by atoms with E-state index in [0.717, 1.165) is 0 Å². The van der Waals surface area contributed by atoms with Gasteiger partial charge in [-0.1, -0.05) is 28.1 Å². The van der Waals surface area contributed by atoms with Gasteiger partial charge < -0.3 is 15.2 Å². The first-order valence-electron chi connectivity index (χ1n) is 8.97. The minimum atomic E-state index is -1.05. The summed E-state index contributed by atoms with van der Waals surface area (Å²) in [5.41, 5.74) is 1.30. The Kier molecular flexibility index (Phi) is 6.51. The van der Waals surface area contributed by atoms with Gasteiger partial charge in [-0.15, -0.1) is 0 Å². The number of carbonyl (C=O) groups excluding carboxylic acids is 2. The van der Waals surface area contributed by atoms with Crippen molar-refractivity contribution in [1.82, 2.24) is 5.32 Å². The van der Waals surface area contributed by atoms with Crippen molar-refractivity contribution in [2.45, 2.75) is 13.0 Å². The third-order valence-corrected chi connectivity index (χ3v) is 5.10. The summed E-state index contributed by atoms with van der Waals surface area (Å²) < 4.78 is 20.4. The van der Waals surface area contributed by atoms with Gasteiger partial charge in [0.1, 0.15) is 11.9 Å². The zero-order valence-corrected chi connectivity index (χ0v) is 17.5. The van der Waals surface area contributed by atoms with Gasteiger partial charge in [0.25, 0.3) is 0 Å². The fraction of sp³-hybridized carbons (Fsp3) is 0.190.